The number of hydrogen-bond donors (Lipinski definition) is 0. The molecule has 0 aliphatic carbocycles. The van der Waals surface area contributed by atoms with Crippen LogP contribution in [-0.2, 0) is 4.74 Å². The van der Waals surface area contributed by atoms with Gasteiger partial charge in [0.1, 0.15) is 11.4 Å². The van der Waals surface area contributed by atoms with Crippen molar-refractivity contribution in [2.24, 2.45) is 0 Å². The van der Waals surface area contributed by atoms with Crippen molar-refractivity contribution in [2.45, 2.75) is 26.4 Å². The molecule has 3 nitrogen and oxygen atoms in total. The van der Waals surface area contributed by atoms with E-state index >= 15 is 0 Å². The maximum atomic E-state index is 14.3. The fourth-order valence-electron chi connectivity index (χ4n) is 1.87. The lowest BCUT2D eigenvalue weighted by Gasteiger charge is -2.20. The van der Waals surface area contributed by atoms with Crippen LogP contribution in [0.2, 0.25) is 5.02 Å². The normalized spacial score (nSPS) is 11.6. The molecule has 1 aromatic carbocycles. The Hall–Kier alpha value is -0.850. The summed E-state index contributed by atoms with van der Waals surface area (Å²) >= 11 is 12.4. The number of hydrogen-bond acceptors (Lipinski definition) is 2. The Morgan fingerprint density at radius 1 is 1.27 bits per heavy atom. The van der Waals surface area contributed by atoms with Crippen molar-refractivity contribution in [2.75, 3.05) is 0 Å². The highest BCUT2D eigenvalue weighted by Crippen LogP contribution is 2.36. The van der Waals surface area contributed by atoms with Crippen LogP contribution in [0.15, 0.2) is 33.3 Å². The van der Waals surface area contributed by atoms with Gasteiger partial charge in [0.25, 0.3) is 0 Å². The van der Waals surface area contributed by atoms with Gasteiger partial charge in [-0.3, -0.25) is 4.57 Å². The lowest BCUT2D eigenvalue weighted by Crippen LogP contribution is -2.27. The van der Waals surface area contributed by atoms with Crippen molar-refractivity contribution >= 4 is 49.6 Å². The number of benzene rings is 1. The van der Waals surface area contributed by atoms with Gasteiger partial charge >= 0.3 is 6.09 Å². The van der Waals surface area contributed by atoms with Gasteiger partial charge in [-0.2, -0.15) is 0 Å². The largest absolute Gasteiger partial charge is 0.443 e. The van der Waals surface area contributed by atoms with E-state index in [-0.39, 0.29) is 10.6 Å². The van der Waals surface area contributed by atoms with Gasteiger partial charge in [-0.25, -0.2) is 9.18 Å². The van der Waals surface area contributed by atoms with Gasteiger partial charge < -0.3 is 4.74 Å². The van der Waals surface area contributed by atoms with E-state index in [4.69, 9.17) is 16.3 Å². The number of rotatable bonds is 1. The molecule has 1 aromatic heterocycles. The fourth-order valence-corrected chi connectivity index (χ4v) is 3.27. The van der Waals surface area contributed by atoms with Crippen LogP contribution in [0.3, 0.4) is 0 Å². The van der Waals surface area contributed by atoms with Crippen molar-refractivity contribution in [3.63, 3.8) is 0 Å². The SMILES string of the molecule is CC(C)(C)OC(=O)n1cc(Br)cc1-c1c(F)cc(Cl)cc1Br. The van der Waals surface area contributed by atoms with Crippen LogP contribution in [0.4, 0.5) is 9.18 Å². The summed E-state index contributed by atoms with van der Waals surface area (Å²) in [6.07, 6.45) is 0.943. The predicted molar refractivity (Wildman–Crippen MR) is 91.9 cm³/mol. The van der Waals surface area contributed by atoms with E-state index in [2.05, 4.69) is 31.9 Å². The zero-order valence-corrected chi connectivity index (χ0v) is 16.0. The number of carbonyl (C=O) groups is 1. The number of aromatic nitrogens is 1. The first kappa shape index (κ1) is 17.5. The smallest absolute Gasteiger partial charge is 0.419 e. The summed E-state index contributed by atoms with van der Waals surface area (Å²) in [7, 11) is 0. The molecule has 7 heteroatoms. The van der Waals surface area contributed by atoms with Crippen LogP contribution in [0.5, 0.6) is 0 Å². The number of carbonyl (C=O) groups excluding carboxylic acids is 1. The molecule has 0 unspecified atom stereocenters. The molecule has 0 amide bonds. The molecule has 0 saturated carbocycles. The minimum Gasteiger partial charge on any atom is -0.443 e. The summed E-state index contributed by atoms with van der Waals surface area (Å²) < 4.78 is 22.0. The Morgan fingerprint density at radius 2 is 1.91 bits per heavy atom. The van der Waals surface area contributed by atoms with Gasteiger partial charge in [0.15, 0.2) is 0 Å². The summed E-state index contributed by atoms with van der Waals surface area (Å²) in [5.41, 5.74) is -0.0518. The van der Waals surface area contributed by atoms with E-state index in [0.717, 1.165) is 0 Å². The monoisotopic (exact) mass is 451 g/mol. The Labute approximate surface area is 149 Å². The molecule has 118 valence electrons. The van der Waals surface area contributed by atoms with Gasteiger partial charge in [0.2, 0.25) is 0 Å². The molecular weight excluding hydrogens is 440 g/mol. The third-order valence-electron chi connectivity index (χ3n) is 2.64. The third-order valence-corrected chi connectivity index (χ3v) is 3.92. The summed E-state index contributed by atoms with van der Waals surface area (Å²) in [5, 5.41) is 0.266. The van der Waals surface area contributed by atoms with Crippen LogP contribution in [-0.4, -0.2) is 16.3 Å². The molecule has 0 fully saturated rings. The van der Waals surface area contributed by atoms with E-state index in [1.807, 2.05) is 0 Å². The lowest BCUT2D eigenvalue weighted by molar-refractivity contribution is 0.0540. The second kappa shape index (κ2) is 6.34. The first-order chi connectivity index (χ1) is 10.1. The third kappa shape index (κ3) is 3.91. The summed E-state index contributed by atoms with van der Waals surface area (Å²) in [6.45, 7) is 5.30. The average Bonchev–Trinajstić information content (AvgIpc) is 2.67. The Balaban J connectivity index is 2.57. The highest BCUT2D eigenvalue weighted by molar-refractivity contribution is 9.10. The van der Waals surface area contributed by atoms with Gasteiger partial charge in [0.05, 0.1) is 5.69 Å². The van der Waals surface area contributed by atoms with Gasteiger partial charge in [-0.15, -0.1) is 0 Å². The summed E-state index contributed by atoms with van der Waals surface area (Å²) in [5.74, 6) is -0.533. The van der Waals surface area contributed by atoms with E-state index in [1.165, 1.54) is 16.8 Å². The second-order valence-electron chi connectivity index (χ2n) is 5.64. The van der Waals surface area contributed by atoms with Gasteiger partial charge in [-0.1, -0.05) is 11.6 Å². The first-order valence-corrected chi connectivity index (χ1v) is 8.31. The van der Waals surface area contributed by atoms with Crippen LogP contribution in [0.1, 0.15) is 20.8 Å². The molecule has 2 aromatic rings. The summed E-state index contributed by atoms with van der Waals surface area (Å²) in [4.78, 5) is 12.3. The number of ether oxygens (including phenoxy) is 1. The number of halogens is 4. The van der Waals surface area contributed by atoms with Crippen LogP contribution in [0, 0.1) is 5.82 Å². The van der Waals surface area contributed by atoms with Crippen molar-refractivity contribution in [3.8, 4) is 11.3 Å². The van der Waals surface area contributed by atoms with Crippen LogP contribution >= 0.6 is 43.5 Å². The molecule has 1 heterocycles. The molecule has 0 aliphatic heterocycles. The van der Waals surface area contributed by atoms with E-state index in [1.54, 1.807) is 32.9 Å². The zero-order chi connectivity index (χ0) is 16.7. The summed E-state index contributed by atoms with van der Waals surface area (Å²) in [6, 6.07) is 4.41. The zero-order valence-electron chi connectivity index (χ0n) is 12.1. The van der Waals surface area contributed by atoms with Gasteiger partial charge in [0, 0.05) is 25.7 Å². The highest BCUT2D eigenvalue weighted by atomic mass is 79.9. The molecule has 0 saturated heterocycles. The van der Waals surface area contributed by atoms with Crippen LogP contribution < -0.4 is 0 Å². The van der Waals surface area contributed by atoms with Crippen molar-refractivity contribution in [3.05, 3.63) is 44.2 Å². The van der Waals surface area contributed by atoms with E-state index in [0.29, 0.717) is 14.6 Å². The quantitative estimate of drug-likeness (QED) is 0.511. The Kier molecular flexibility index (Phi) is 5.04. The van der Waals surface area contributed by atoms with E-state index in [9.17, 15) is 9.18 Å². The number of nitrogens with zero attached hydrogens (tertiary/aromatic N) is 1. The highest BCUT2D eigenvalue weighted by Gasteiger charge is 2.23. The van der Waals surface area contributed by atoms with E-state index < -0.39 is 17.5 Å². The van der Waals surface area contributed by atoms with Crippen molar-refractivity contribution in [1.29, 1.82) is 0 Å². The molecule has 0 atom stereocenters. The molecule has 0 radical (unpaired) electrons. The molecule has 0 spiro atoms. The van der Waals surface area contributed by atoms with Crippen molar-refractivity contribution < 1.29 is 13.9 Å². The topological polar surface area (TPSA) is 31.2 Å². The van der Waals surface area contributed by atoms with Crippen molar-refractivity contribution in [1.82, 2.24) is 4.57 Å². The average molecular weight is 454 g/mol. The van der Waals surface area contributed by atoms with Gasteiger partial charge in [-0.05, 0) is 70.8 Å². The maximum absolute atomic E-state index is 14.3. The Bertz CT molecular complexity index is 715. The maximum Gasteiger partial charge on any atom is 0.419 e. The predicted octanol–water partition coefficient (Wildman–Crippen LogP) is 6.26. The first-order valence-electron chi connectivity index (χ1n) is 6.34. The second-order valence-corrected chi connectivity index (χ2v) is 7.84. The fraction of sp³-hybridized carbons (Fsp3) is 0.267. The molecule has 2 rings (SSSR count). The minimum atomic E-state index is -0.652. The molecule has 0 N–H and O–H groups in total. The lowest BCUT2D eigenvalue weighted by atomic mass is 10.1. The van der Waals surface area contributed by atoms with Crippen LogP contribution in [0.25, 0.3) is 11.3 Å². The molecule has 0 aliphatic rings. The Morgan fingerprint density at radius 3 is 2.45 bits per heavy atom. The minimum absolute atomic E-state index is 0.237. The molecule has 22 heavy (non-hydrogen) atoms. The standard InChI is InChI=1S/C15H13Br2ClFNO2/c1-15(2,3)22-14(21)20-7-8(16)4-12(20)13-10(17)5-9(18)6-11(13)19/h4-7H,1-3H3. The molecule has 0 bridgehead atoms. The molecular formula is C15H13Br2ClFNO2.